The fourth-order valence-electron chi connectivity index (χ4n) is 2.18. The molecule has 1 atom stereocenters. The largest absolute Gasteiger partial charge is 0.392 e. The normalized spacial score (nSPS) is 19.6. The number of thiocarbonyl (C=S) groups is 1. The molecule has 1 unspecified atom stereocenters. The molecule has 1 fully saturated rings. The first-order chi connectivity index (χ1) is 8.59. The number of pyridine rings is 1. The number of aromatic nitrogens is 1. The monoisotopic (exact) mass is 265 g/mol. The SMILES string of the molecule is NC(=S)C1CCCCN1C(=O)c1ccc(=O)[nH]c1. The van der Waals surface area contributed by atoms with Gasteiger partial charge in [0.1, 0.15) is 0 Å². The van der Waals surface area contributed by atoms with Crippen LogP contribution in [0.1, 0.15) is 29.6 Å². The fourth-order valence-corrected chi connectivity index (χ4v) is 2.42. The molecule has 2 heterocycles. The smallest absolute Gasteiger partial charge is 0.255 e. The quantitative estimate of drug-likeness (QED) is 0.770. The molecule has 3 N–H and O–H groups in total. The van der Waals surface area contributed by atoms with Crippen molar-refractivity contribution in [1.82, 2.24) is 9.88 Å². The Hall–Kier alpha value is -1.69. The molecule has 1 aliphatic rings. The number of H-pyrrole nitrogens is 1. The molecule has 0 spiro atoms. The number of rotatable bonds is 2. The molecule has 6 heteroatoms. The Bertz CT molecular complexity index is 506. The van der Waals surface area contributed by atoms with Crippen molar-refractivity contribution in [3.8, 4) is 0 Å². The number of likely N-dealkylation sites (tertiary alicyclic amines) is 1. The maximum absolute atomic E-state index is 12.3. The maximum Gasteiger partial charge on any atom is 0.255 e. The lowest BCUT2D eigenvalue weighted by atomic mass is 10.0. The van der Waals surface area contributed by atoms with Gasteiger partial charge in [-0.2, -0.15) is 0 Å². The molecule has 1 amide bonds. The van der Waals surface area contributed by atoms with Gasteiger partial charge in [-0.3, -0.25) is 9.59 Å². The Morgan fingerprint density at radius 1 is 1.44 bits per heavy atom. The number of aromatic amines is 1. The summed E-state index contributed by atoms with van der Waals surface area (Å²) in [6, 6.07) is 2.69. The number of hydrogen-bond donors (Lipinski definition) is 2. The average Bonchev–Trinajstić information content (AvgIpc) is 2.39. The number of nitrogens with zero attached hydrogens (tertiary/aromatic N) is 1. The number of carbonyl (C=O) groups is 1. The van der Waals surface area contributed by atoms with Crippen LogP contribution in [-0.4, -0.2) is 33.4 Å². The van der Waals surface area contributed by atoms with Gasteiger partial charge in [0.05, 0.1) is 16.6 Å². The van der Waals surface area contributed by atoms with E-state index < -0.39 is 0 Å². The van der Waals surface area contributed by atoms with Crippen molar-refractivity contribution < 1.29 is 4.79 Å². The first-order valence-corrected chi connectivity index (χ1v) is 6.29. The maximum atomic E-state index is 12.3. The van der Waals surface area contributed by atoms with Gasteiger partial charge in [0.2, 0.25) is 5.56 Å². The molecule has 18 heavy (non-hydrogen) atoms. The minimum Gasteiger partial charge on any atom is -0.392 e. The molecule has 1 aromatic heterocycles. The zero-order valence-corrected chi connectivity index (χ0v) is 10.7. The molecule has 0 radical (unpaired) electrons. The van der Waals surface area contributed by atoms with Gasteiger partial charge in [0, 0.05) is 18.8 Å². The van der Waals surface area contributed by atoms with Gasteiger partial charge in [-0.1, -0.05) is 12.2 Å². The first-order valence-electron chi connectivity index (χ1n) is 5.88. The van der Waals surface area contributed by atoms with Crippen molar-refractivity contribution in [2.24, 2.45) is 5.73 Å². The van der Waals surface area contributed by atoms with Crippen molar-refractivity contribution in [3.05, 3.63) is 34.2 Å². The topological polar surface area (TPSA) is 79.2 Å². The Morgan fingerprint density at radius 2 is 2.22 bits per heavy atom. The summed E-state index contributed by atoms with van der Waals surface area (Å²) in [5.41, 5.74) is 5.91. The van der Waals surface area contributed by atoms with Gasteiger partial charge in [0.15, 0.2) is 0 Å². The van der Waals surface area contributed by atoms with Crippen molar-refractivity contribution >= 4 is 23.1 Å². The average molecular weight is 265 g/mol. The van der Waals surface area contributed by atoms with Crippen LogP contribution in [0.15, 0.2) is 23.1 Å². The third-order valence-corrected chi connectivity index (χ3v) is 3.40. The molecule has 0 bridgehead atoms. The van der Waals surface area contributed by atoms with E-state index >= 15 is 0 Å². The minimum atomic E-state index is -0.226. The predicted octanol–water partition coefficient (Wildman–Crippen LogP) is 0.656. The number of piperidine rings is 1. The van der Waals surface area contributed by atoms with Crippen molar-refractivity contribution in [3.63, 3.8) is 0 Å². The van der Waals surface area contributed by atoms with Gasteiger partial charge in [-0.15, -0.1) is 0 Å². The van der Waals surface area contributed by atoms with Crippen LogP contribution in [0, 0.1) is 0 Å². The summed E-state index contributed by atoms with van der Waals surface area (Å²) in [6.07, 6.45) is 4.21. The van der Waals surface area contributed by atoms with E-state index in [0.29, 0.717) is 17.1 Å². The summed E-state index contributed by atoms with van der Waals surface area (Å²) in [4.78, 5) is 27.8. The van der Waals surface area contributed by atoms with E-state index in [1.807, 2.05) is 0 Å². The Labute approximate surface area is 110 Å². The third kappa shape index (κ3) is 2.59. The van der Waals surface area contributed by atoms with Crippen molar-refractivity contribution in [2.75, 3.05) is 6.54 Å². The summed E-state index contributed by atoms with van der Waals surface area (Å²) in [5.74, 6) is -0.135. The number of nitrogens with one attached hydrogen (secondary N) is 1. The number of amides is 1. The van der Waals surface area contributed by atoms with E-state index in [1.165, 1.54) is 18.3 Å². The van der Waals surface area contributed by atoms with Crippen LogP contribution in [0.5, 0.6) is 0 Å². The van der Waals surface area contributed by atoms with Crippen LogP contribution in [0.4, 0.5) is 0 Å². The van der Waals surface area contributed by atoms with Gasteiger partial charge in [0.25, 0.3) is 5.91 Å². The highest BCUT2D eigenvalue weighted by atomic mass is 32.1. The number of nitrogens with two attached hydrogens (primary N) is 1. The van der Waals surface area contributed by atoms with Crippen molar-refractivity contribution in [2.45, 2.75) is 25.3 Å². The van der Waals surface area contributed by atoms with Gasteiger partial charge in [-0.25, -0.2) is 0 Å². The fraction of sp³-hybridized carbons (Fsp3) is 0.417. The second-order valence-electron chi connectivity index (χ2n) is 4.35. The van der Waals surface area contributed by atoms with Gasteiger partial charge >= 0.3 is 0 Å². The molecule has 1 aromatic rings. The molecule has 96 valence electrons. The lowest BCUT2D eigenvalue weighted by Crippen LogP contribution is -2.49. The molecule has 0 saturated carbocycles. The van der Waals surface area contributed by atoms with Crippen LogP contribution < -0.4 is 11.3 Å². The predicted molar refractivity (Wildman–Crippen MR) is 72.5 cm³/mol. The molecule has 2 rings (SSSR count). The van der Waals surface area contributed by atoms with E-state index in [2.05, 4.69) is 4.98 Å². The zero-order chi connectivity index (χ0) is 13.1. The zero-order valence-electron chi connectivity index (χ0n) is 9.89. The summed E-state index contributed by atoms with van der Waals surface area (Å²) >= 11 is 5.01. The Balaban J connectivity index is 2.23. The highest BCUT2D eigenvalue weighted by molar-refractivity contribution is 7.80. The molecule has 0 aliphatic carbocycles. The lowest BCUT2D eigenvalue weighted by Gasteiger charge is -2.35. The molecular weight excluding hydrogens is 250 g/mol. The Morgan fingerprint density at radius 3 is 2.83 bits per heavy atom. The lowest BCUT2D eigenvalue weighted by molar-refractivity contribution is 0.0681. The summed E-state index contributed by atoms with van der Waals surface area (Å²) in [5, 5.41) is 0. The highest BCUT2D eigenvalue weighted by Gasteiger charge is 2.29. The molecule has 1 aliphatic heterocycles. The highest BCUT2D eigenvalue weighted by Crippen LogP contribution is 2.19. The second-order valence-corrected chi connectivity index (χ2v) is 4.83. The van der Waals surface area contributed by atoms with Crippen molar-refractivity contribution in [1.29, 1.82) is 0 Å². The second kappa shape index (κ2) is 5.30. The summed E-state index contributed by atoms with van der Waals surface area (Å²) < 4.78 is 0. The summed E-state index contributed by atoms with van der Waals surface area (Å²) in [6.45, 7) is 0.653. The van der Waals surface area contributed by atoms with Crippen LogP contribution in [0.3, 0.4) is 0 Å². The number of hydrogen-bond acceptors (Lipinski definition) is 3. The Kier molecular flexibility index (Phi) is 3.76. The van der Waals surface area contributed by atoms with Crippen LogP contribution in [-0.2, 0) is 0 Å². The number of carbonyl (C=O) groups excluding carboxylic acids is 1. The molecule has 5 nitrogen and oxygen atoms in total. The van der Waals surface area contributed by atoms with E-state index in [-0.39, 0.29) is 17.5 Å². The van der Waals surface area contributed by atoms with Gasteiger partial charge in [-0.05, 0) is 25.3 Å². The van der Waals surface area contributed by atoms with Crippen LogP contribution in [0.2, 0.25) is 0 Å². The summed E-state index contributed by atoms with van der Waals surface area (Å²) in [7, 11) is 0. The van der Waals surface area contributed by atoms with E-state index in [4.69, 9.17) is 18.0 Å². The van der Waals surface area contributed by atoms with E-state index in [0.717, 1.165) is 19.3 Å². The standard InChI is InChI=1S/C12H15N3O2S/c13-11(18)9-3-1-2-6-15(9)12(17)8-4-5-10(16)14-7-8/h4-5,7,9H,1-3,6H2,(H2,13,18)(H,14,16). The third-order valence-electron chi connectivity index (χ3n) is 3.12. The molecule has 0 aromatic carbocycles. The van der Waals surface area contributed by atoms with Crippen LogP contribution >= 0.6 is 12.2 Å². The van der Waals surface area contributed by atoms with E-state index in [1.54, 1.807) is 4.90 Å². The van der Waals surface area contributed by atoms with Gasteiger partial charge < -0.3 is 15.6 Å². The minimum absolute atomic E-state index is 0.135. The molecule has 1 saturated heterocycles. The van der Waals surface area contributed by atoms with E-state index in [9.17, 15) is 9.59 Å². The first kappa shape index (κ1) is 12.8. The van der Waals surface area contributed by atoms with Crippen LogP contribution in [0.25, 0.3) is 0 Å². The molecular formula is C12H15N3O2S.